The van der Waals surface area contributed by atoms with Gasteiger partial charge in [-0.1, -0.05) is 66.7 Å². The van der Waals surface area contributed by atoms with E-state index in [0.717, 1.165) is 51.3 Å². The first-order chi connectivity index (χ1) is 20.0. The number of allylic oxidation sites excluding steroid dienone is 1. The summed E-state index contributed by atoms with van der Waals surface area (Å²) in [6, 6.07) is 32.6. The van der Waals surface area contributed by atoms with Crippen LogP contribution in [0, 0.1) is 6.92 Å². The van der Waals surface area contributed by atoms with Crippen molar-refractivity contribution in [3.63, 3.8) is 0 Å². The molecule has 1 amide bonds. The zero-order chi connectivity index (χ0) is 28.2. The van der Waals surface area contributed by atoms with Crippen LogP contribution in [0.1, 0.15) is 39.2 Å². The number of carbonyl (C=O) groups excluding carboxylic acids is 2. The van der Waals surface area contributed by atoms with Crippen molar-refractivity contribution in [1.82, 2.24) is 4.98 Å². The molecule has 1 aliphatic carbocycles. The molecule has 1 heterocycles. The van der Waals surface area contributed by atoms with Crippen LogP contribution in [-0.2, 0) is 16.0 Å². The molecular weight excluding hydrogens is 512 g/mol. The highest BCUT2D eigenvalue weighted by Gasteiger charge is 2.28. The number of amides is 1. The second-order valence-corrected chi connectivity index (χ2v) is 9.93. The summed E-state index contributed by atoms with van der Waals surface area (Å²) in [6.45, 7) is 1.53. The number of ether oxygens (including phenoxy) is 2. The minimum Gasteiger partial charge on any atom is -0.457 e. The number of hydrogen-bond donors (Lipinski definition) is 1. The van der Waals surface area contributed by atoms with Gasteiger partial charge in [0.2, 0.25) is 0 Å². The third-order valence-corrected chi connectivity index (χ3v) is 7.08. The smallest absolute Gasteiger partial charge is 0.339 e. The number of anilines is 1. The van der Waals surface area contributed by atoms with Crippen LogP contribution in [0.15, 0.2) is 103 Å². The van der Waals surface area contributed by atoms with Gasteiger partial charge in [0.15, 0.2) is 6.61 Å². The Bertz CT molecular complexity index is 1790. The summed E-state index contributed by atoms with van der Waals surface area (Å²) >= 11 is 0. The number of nitrogens with zero attached hydrogens (tertiary/aromatic N) is 1. The van der Waals surface area contributed by atoms with E-state index in [4.69, 9.17) is 14.5 Å². The molecule has 0 unspecified atom stereocenters. The summed E-state index contributed by atoms with van der Waals surface area (Å²) in [4.78, 5) is 31.0. The number of nitrogens with one attached hydrogen (secondary N) is 1. The highest BCUT2D eigenvalue weighted by Crippen LogP contribution is 2.38. The Labute approximate surface area is 238 Å². The minimum atomic E-state index is -0.528. The molecule has 0 radical (unpaired) electrons. The molecule has 5 aromatic rings. The molecule has 0 saturated carbocycles. The Morgan fingerprint density at radius 2 is 1.61 bits per heavy atom. The summed E-state index contributed by atoms with van der Waals surface area (Å²) in [5, 5.41) is 3.53. The van der Waals surface area contributed by atoms with Crippen molar-refractivity contribution in [1.29, 1.82) is 0 Å². The number of aromatic nitrogens is 1. The molecule has 0 spiro atoms. The van der Waals surface area contributed by atoms with Crippen molar-refractivity contribution in [3.05, 3.63) is 131 Å². The van der Waals surface area contributed by atoms with E-state index in [2.05, 4.69) is 11.4 Å². The van der Waals surface area contributed by atoms with Crippen molar-refractivity contribution < 1.29 is 19.1 Å². The van der Waals surface area contributed by atoms with E-state index in [-0.39, 0.29) is 12.5 Å². The molecule has 202 valence electrons. The van der Waals surface area contributed by atoms with Crippen LogP contribution >= 0.6 is 0 Å². The first-order valence-corrected chi connectivity index (χ1v) is 13.5. The summed E-state index contributed by atoms with van der Waals surface area (Å²) in [7, 11) is 0. The molecule has 4 aromatic carbocycles. The molecule has 6 heteroatoms. The Morgan fingerprint density at radius 3 is 2.46 bits per heavy atom. The molecule has 0 saturated heterocycles. The van der Waals surface area contributed by atoms with Gasteiger partial charge < -0.3 is 14.8 Å². The molecule has 1 aliphatic rings. The SMILES string of the molecule is Cc1ccccc1NC(=O)COC(=O)c1c2c(nc3ccccc13)C(=Cc1cccc(Oc3ccccc3)c1)CC2. The molecule has 0 aliphatic heterocycles. The van der Waals surface area contributed by atoms with Gasteiger partial charge in [0.25, 0.3) is 5.91 Å². The van der Waals surface area contributed by atoms with E-state index in [1.807, 2.05) is 110 Å². The summed E-state index contributed by atoms with van der Waals surface area (Å²) in [6.07, 6.45) is 3.48. The van der Waals surface area contributed by atoms with Crippen molar-refractivity contribution >= 4 is 40.1 Å². The van der Waals surface area contributed by atoms with Crippen LogP contribution in [0.2, 0.25) is 0 Å². The minimum absolute atomic E-state index is 0.379. The van der Waals surface area contributed by atoms with E-state index in [1.165, 1.54) is 0 Å². The second kappa shape index (κ2) is 11.5. The van der Waals surface area contributed by atoms with Gasteiger partial charge in [-0.05, 0) is 84.5 Å². The van der Waals surface area contributed by atoms with E-state index < -0.39 is 5.97 Å². The first kappa shape index (κ1) is 26.0. The average Bonchev–Trinajstić information content (AvgIpc) is 3.38. The molecule has 1 N–H and O–H groups in total. The third-order valence-electron chi connectivity index (χ3n) is 7.08. The van der Waals surface area contributed by atoms with Crippen LogP contribution in [0.3, 0.4) is 0 Å². The maximum atomic E-state index is 13.5. The lowest BCUT2D eigenvalue weighted by molar-refractivity contribution is -0.119. The van der Waals surface area contributed by atoms with Gasteiger partial charge >= 0.3 is 5.97 Å². The summed E-state index contributed by atoms with van der Waals surface area (Å²) in [5.41, 5.74) is 6.45. The maximum Gasteiger partial charge on any atom is 0.339 e. The number of carbonyl (C=O) groups is 2. The number of fused-ring (bicyclic) bond motifs is 2. The number of para-hydroxylation sites is 3. The van der Waals surface area contributed by atoms with Crippen molar-refractivity contribution in [2.24, 2.45) is 0 Å². The molecule has 0 bridgehead atoms. The fraction of sp³-hybridized carbons (Fsp3) is 0.114. The Morgan fingerprint density at radius 1 is 0.854 bits per heavy atom. The number of esters is 1. The van der Waals surface area contributed by atoms with Gasteiger partial charge in [-0.15, -0.1) is 0 Å². The predicted molar refractivity (Wildman–Crippen MR) is 161 cm³/mol. The lowest BCUT2D eigenvalue weighted by Gasteiger charge is -2.13. The fourth-order valence-electron chi connectivity index (χ4n) is 5.11. The molecule has 0 atom stereocenters. The lowest BCUT2D eigenvalue weighted by atomic mass is 10.0. The third kappa shape index (κ3) is 5.72. The van der Waals surface area contributed by atoms with E-state index in [0.29, 0.717) is 23.2 Å². The van der Waals surface area contributed by atoms with Crippen molar-refractivity contribution in [2.75, 3.05) is 11.9 Å². The van der Waals surface area contributed by atoms with Gasteiger partial charge in [-0.3, -0.25) is 4.79 Å². The van der Waals surface area contributed by atoms with Crippen LogP contribution < -0.4 is 10.1 Å². The maximum absolute atomic E-state index is 13.5. The van der Waals surface area contributed by atoms with Crippen LogP contribution in [0.25, 0.3) is 22.6 Å². The zero-order valence-corrected chi connectivity index (χ0v) is 22.6. The monoisotopic (exact) mass is 540 g/mol. The normalized spacial score (nSPS) is 13.1. The zero-order valence-electron chi connectivity index (χ0n) is 22.6. The number of pyridine rings is 1. The Balaban J connectivity index is 1.27. The highest BCUT2D eigenvalue weighted by atomic mass is 16.5. The highest BCUT2D eigenvalue weighted by molar-refractivity contribution is 6.08. The molecule has 1 aromatic heterocycles. The molecule has 6 nitrogen and oxygen atoms in total. The molecule has 6 rings (SSSR count). The predicted octanol–water partition coefficient (Wildman–Crippen LogP) is 7.62. The average molecular weight is 541 g/mol. The van der Waals surface area contributed by atoms with Crippen molar-refractivity contribution in [3.8, 4) is 11.5 Å². The first-order valence-electron chi connectivity index (χ1n) is 13.5. The molecular formula is C35H28N2O4. The fourth-order valence-corrected chi connectivity index (χ4v) is 5.11. The second-order valence-electron chi connectivity index (χ2n) is 9.93. The largest absolute Gasteiger partial charge is 0.457 e. The van der Waals surface area contributed by atoms with Gasteiger partial charge in [-0.25, -0.2) is 9.78 Å². The van der Waals surface area contributed by atoms with E-state index in [9.17, 15) is 9.59 Å². The quantitative estimate of drug-likeness (QED) is 0.215. The standard InChI is InChI=1S/C35H28N2O4/c1-23-10-5-7-16-30(23)36-32(38)22-40-35(39)33-28-15-6-8-17-31(28)37-34-25(18-19-29(33)34)20-24-11-9-14-27(21-24)41-26-12-3-2-4-13-26/h2-17,20-21H,18-19,22H2,1H3,(H,36,38). The molecule has 41 heavy (non-hydrogen) atoms. The molecule has 0 fully saturated rings. The van der Waals surface area contributed by atoms with E-state index >= 15 is 0 Å². The summed E-state index contributed by atoms with van der Waals surface area (Å²) < 4.78 is 11.6. The lowest BCUT2D eigenvalue weighted by Crippen LogP contribution is -2.22. The number of rotatable bonds is 7. The number of hydrogen-bond acceptors (Lipinski definition) is 5. The van der Waals surface area contributed by atoms with Crippen LogP contribution in [-0.4, -0.2) is 23.5 Å². The topological polar surface area (TPSA) is 77.5 Å². The summed E-state index contributed by atoms with van der Waals surface area (Å²) in [5.74, 6) is 0.594. The Kier molecular flexibility index (Phi) is 7.28. The Hall–Kier alpha value is -5.23. The number of aryl methyl sites for hydroxylation is 1. The van der Waals surface area contributed by atoms with E-state index in [1.54, 1.807) is 0 Å². The van der Waals surface area contributed by atoms with Gasteiger partial charge in [0.1, 0.15) is 11.5 Å². The van der Waals surface area contributed by atoms with Crippen LogP contribution in [0.4, 0.5) is 5.69 Å². The van der Waals surface area contributed by atoms with Crippen LogP contribution in [0.5, 0.6) is 11.5 Å². The van der Waals surface area contributed by atoms with Gasteiger partial charge in [0, 0.05) is 11.1 Å². The van der Waals surface area contributed by atoms with Crippen molar-refractivity contribution in [2.45, 2.75) is 19.8 Å². The number of benzene rings is 4. The van der Waals surface area contributed by atoms with Gasteiger partial charge in [0.05, 0.1) is 16.8 Å². The van der Waals surface area contributed by atoms with Gasteiger partial charge in [-0.2, -0.15) is 0 Å².